The summed E-state index contributed by atoms with van der Waals surface area (Å²) < 4.78 is 4.92. The molecule has 0 aliphatic rings. The van der Waals surface area contributed by atoms with E-state index >= 15 is 0 Å². The number of rotatable bonds is 5. The van der Waals surface area contributed by atoms with Gasteiger partial charge in [0.25, 0.3) is 5.56 Å². The number of unbranched alkanes of at least 4 members (excludes halogenated alkanes) is 2. The number of hydrogen-bond donors (Lipinski definition) is 0. The zero-order valence-electron chi connectivity index (χ0n) is 17.9. The van der Waals surface area contributed by atoms with Gasteiger partial charge < -0.3 is 4.57 Å². The largest absolute Gasteiger partial charge is 0.345 e. The Morgan fingerprint density at radius 3 is 2.14 bits per heavy atom. The van der Waals surface area contributed by atoms with Crippen molar-refractivity contribution < 1.29 is 0 Å². The number of nitrogens with zero attached hydrogens (tertiary/aromatic N) is 3. The maximum atomic E-state index is 13.0. The summed E-state index contributed by atoms with van der Waals surface area (Å²) in [5, 5.41) is 0.615. The van der Waals surface area contributed by atoms with Gasteiger partial charge in [0.1, 0.15) is 0 Å². The standard InChI is InChI=1S/C23H31N3O2/c1-7-8-9-14-26-15-18-19(21(27)25(6)22(28)24(18)5)20(26)16-10-12-17(13-11-16)23(2,3)4/h10-13,15H,7-9,14H2,1-6H3. The maximum absolute atomic E-state index is 13.0. The van der Waals surface area contributed by atoms with Crippen molar-refractivity contribution in [3.05, 3.63) is 56.9 Å². The second-order valence-electron chi connectivity index (χ2n) is 8.67. The van der Waals surface area contributed by atoms with Crippen molar-refractivity contribution in [2.24, 2.45) is 14.1 Å². The van der Waals surface area contributed by atoms with Crippen LogP contribution in [0.3, 0.4) is 0 Å². The fourth-order valence-electron chi connectivity index (χ4n) is 3.74. The summed E-state index contributed by atoms with van der Waals surface area (Å²) in [5.41, 5.74) is 3.41. The van der Waals surface area contributed by atoms with Crippen LogP contribution in [-0.2, 0) is 26.1 Å². The summed E-state index contributed by atoms with van der Waals surface area (Å²) in [6.07, 6.45) is 5.27. The second-order valence-corrected chi connectivity index (χ2v) is 8.67. The molecule has 5 nitrogen and oxygen atoms in total. The number of aryl methyl sites for hydroxylation is 2. The summed E-state index contributed by atoms with van der Waals surface area (Å²) in [4.78, 5) is 25.4. The van der Waals surface area contributed by atoms with E-state index in [0.717, 1.165) is 37.1 Å². The van der Waals surface area contributed by atoms with E-state index in [9.17, 15) is 9.59 Å². The Balaban J connectivity index is 2.28. The number of benzene rings is 1. The average molecular weight is 382 g/mol. The third-order valence-corrected chi connectivity index (χ3v) is 5.54. The molecule has 0 fully saturated rings. The van der Waals surface area contributed by atoms with Gasteiger partial charge in [-0.3, -0.25) is 13.9 Å². The highest BCUT2D eigenvalue weighted by Gasteiger charge is 2.20. The highest BCUT2D eigenvalue weighted by atomic mass is 16.2. The molecular weight excluding hydrogens is 350 g/mol. The smallest absolute Gasteiger partial charge is 0.330 e. The van der Waals surface area contributed by atoms with Gasteiger partial charge in [-0.05, 0) is 23.0 Å². The van der Waals surface area contributed by atoms with Crippen LogP contribution in [0.15, 0.2) is 40.1 Å². The molecule has 0 unspecified atom stereocenters. The third-order valence-electron chi connectivity index (χ3n) is 5.54. The topological polar surface area (TPSA) is 48.9 Å². The molecule has 2 heterocycles. The van der Waals surface area contributed by atoms with Gasteiger partial charge in [-0.25, -0.2) is 4.79 Å². The molecule has 0 atom stereocenters. The van der Waals surface area contributed by atoms with E-state index in [1.807, 2.05) is 6.20 Å². The first-order valence-electron chi connectivity index (χ1n) is 10.1. The van der Waals surface area contributed by atoms with Gasteiger partial charge in [0.05, 0.1) is 16.6 Å². The van der Waals surface area contributed by atoms with Crippen molar-refractivity contribution in [2.75, 3.05) is 0 Å². The normalized spacial score (nSPS) is 12.1. The molecule has 150 valence electrons. The number of hydrogen-bond acceptors (Lipinski definition) is 2. The molecule has 5 heteroatoms. The fourth-order valence-corrected chi connectivity index (χ4v) is 3.74. The lowest BCUT2D eigenvalue weighted by molar-refractivity contribution is 0.590. The van der Waals surface area contributed by atoms with Crippen LogP contribution in [0, 0.1) is 0 Å². The summed E-state index contributed by atoms with van der Waals surface area (Å²) >= 11 is 0. The molecule has 28 heavy (non-hydrogen) atoms. The van der Waals surface area contributed by atoms with Gasteiger partial charge >= 0.3 is 5.69 Å². The third kappa shape index (κ3) is 3.46. The van der Waals surface area contributed by atoms with Gasteiger partial charge in [0.2, 0.25) is 0 Å². The van der Waals surface area contributed by atoms with E-state index < -0.39 is 0 Å². The molecule has 0 aliphatic carbocycles. The minimum absolute atomic E-state index is 0.0732. The maximum Gasteiger partial charge on any atom is 0.330 e. The van der Waals surface area contributed by atoms with Crippen LogP contribution in [0.1, 0.15) is 52.5 Å². The molecule has 3 rings (SSSR count). The van der Waals surface area contributed by atoms with Crippen molar-refractivity contribution in [3.8, 4) is 11.3 Å². The quantitative estimate of drug-likeness (QED) is 0.622. The monoisotopic (exact) mass is 381 g/mol. The van der Waals surface area contributed by atoms with Gasteiger partial charge in [0, 0.05) is 26.8 Å². The first-order chi connectivity index (χ1) is 13.2. The lowest BCUT2D eigenvalue weighted by atomic mass is 9.86. The van der Waals surface area contributed by atoms with Crippen LogP contribution in [-0.4, -0.2) is 13.7 Å². The Labute approximate surface area is 166 Å². The molecular formula is C23H31N3O2. The predicted molar refractivity (Wildman–Crippen MR) is 116 cm³/mol. The van der Waals surface area contributed by atoms with E-state index in [0.29, 0.717) is 10.9 Å². The highest BCUT2D eigenvalue weighted by molar-refractivity contribution is 5.93. The molecule has 0 saturated heterocycles. The van der Waals surface area contributed by atoms with E-state index in [-0.39, 0.29) is 16.7 Å². The Bertz CT molecular complexity index is 1110. The lowest BCUT2D eigenvalue weighted by Crippen LogP contribution is -2.36. The summed E-state index contributed by atoms with van der Waals surface area (Å²) in [6, 6.07) is 8.46. The lowest BCUT2D eigenvalue weighted by Gasteiger charge is -2.19. The number of aromatic nitrogens is 3. The Morgan fingerprint density at radius 2 is 1.57 bits per heavy atom. The summed E-state index contributed by atoms with van der Waals surface area (Å²) in [7, 11) is 3.28. The van der Waals surface area contributed by atoms with Crippen LogP contribution in [0.5, 0.6) is 0 Å². The van der Waals surface area contributed by atoms with Crippen molar-refractivity contribution in [1.82, 2.24) is 13.7 Å². The van der Waals surface area contributed by atoms with Gasteiger partial charge in [-0.15, -0.1) is 0 Å². The molecule has 3 aromatic rings. The minimum Gasteiger partial charge on any atom is -0.345 e. The van der Waals surface area contributed by atoms with E-state index in [2.05, 4.69) is 56.5 Å². The molecule has 0 saturated carbocycles. The molecule has 0 bridgehead atoms. The van der Waals surface area contributed by atoms with E-state index in [1.165, 1.54) is 10.1 Å². The van der Waals surface area contributed by atoms with E-state index in [1.54, 1.807) is 18.7 Å². The minimum atomic E-state index is -0.294. The highest BCUT2D eigenvalue weighted by Crippen LogP contribution is 2.31. The van der Waals surface area contributed by atoms with E-state index in [4.69, 9.17) is 0 Å². The van der Waals surface area contributed by atoms with Crippen molar-refractivity contribution in [1.29, 1.82) is 0 Å². The Morgan fingerprint density at radius 1 is 0.929 bits per heavy atom. The molecule has 2 aromatic heterocycles. The zero-order valence-corrected chi connectivity index (χ0v) is 17.9. The SMILES string of the molecule is CCCCCn1cc2c(c1-c1ccc(C(C)(C)C)cc1)c(=O)n(C)c(=O)n2C. The average Bonchev–Trinajstić information content (AvgIpc) is 3.04. The molecule has 0 N–H and O–H groups in total. The van der Waals surface area contributed by atoms with Gasteiger partial charge in [-0.1, -0.05) is 64.8 Å². The van der Waals surface area contributed by atoms with Crippen LogP contribution in [0.25, 0.3) is 22.2 Å². The molecule has 0 radical (unpaired) electrons. The Hall–Kier alpha value is -2.56. The Kier molecular flexibility index (Phi) is 5.37. The first kappa shape index (κ1) is 20.2. The number of fused-ring (bicyclic) bond motifs is 1. The van der Waals surface area contributed by atoms with Gasteiger partial charge in [0.15, 0.2) is 0 Å². The molecule has 0 aliphatic heterocycles. The predicted octanol–water partition coefficient (Wildman–Crippen LogP) is 4.19. The van der Waals surface area contributed by atoms with Gasteiger partial charge in [-0.2, -0.15) is 0 Å². The molecule has 0 amide bonds. The first-order valence-corrected chi connectivity index (χ1v) is 10.1. The molecule has 0 spiro atoms. The summed E-state index contributed by atoms with van der Waals surface area (Å²) in [6.45, 7) is 9.58. The fraction of sp³-hybridized carbons (Fsp3) is 0.478. The van der Waals surface area contributed by atoms with Crippen LogP contribution in [0.2, 0.25) is 0 Å². The van der Waals surface area contributed by atoms with Crippen LogP contribution < -0.4 is 11.2 Å². The van der Waals surface area contributed by atoms with Crippen molar-refractivity contribution >= 4 is 10.9 Å². The van der Waals surface area contributed by atoms with Crippen molar-refractivity contribution in [2.45, 2.75) is 58.9 Å². The molecule has 1 aromatic carbocycles. The summed E-state index contributed by atoms with van der Waals surface area (Å²) in [5.74, 6) is 0. The van der Waals surface area contributed by atoms with Crippen LogP contribution >= 0.6 is 0 Å². The second kappa shape index (κ2) is 7.46. The van der Waals surface area contributed by atoms with Crippen LogP contribution in [0.4, 0.5) is 0 Å². The zero-order chi connectivity index (χ0) is 20.6. The van der Waals surface area contributed by atoms with Crippen molar-refractivity contribution in [3.63, 3.8) is 0 Å².